The van der Waals surface area contributed by atoms with E-state index in [0.29, 0.717) is 45.7 Å². The van der Waals surface area contributed by atoms with E-state index in [1.807, 2.05) is 12.1 Å². The smallest absolute Gasteiger partial charge is 0.328 e. The molecule has 3 aromatic heterocycles. The van der Waals surface area contributed by atoms with Crippen LogP contribution in [0.5, 0.6) is 5.75 Å². The predicted octanol–water partition coefficient (Wildman–Crippen LogP) is 4.51. The molecule has 0 radical (unpaired) electrons. The normalized spacial score (nSPS) is 20.7. The maximum absolute atomic E-state index is 13.2. The zero-order valence-corrected chi connectivity index (χ0v) is 22.1. The molecule has 4 aromatic rings. The van der Waals surface area contributed by atoms with Gasteiger partial charge in [-0.15, -0.1) is 36.2 Å². The molecular formula is C24H25Cl3N4O3S. The van der Waals surface area contributed by atoms with E-state index in [9.17, 15) is 9.59 Å². The van der Waals surface area contributed by atoms with Crippen molar-refractivity contribution in [2.75, 3.05) is 13.7 Å². The third-order valence-corrected chi connectivity index (χ3v) is 8.52. The van der Waals surface area contributed by atoms with Crippen molar-refractivity contribution < 1.29 is 4.74 Å². The molecule has 1 saturated heterocycles. The Labute approximate surface area is 222 Å². The average Bonchev–Trinajstić information content (AvgIpc) is 3.40. The van der Waals surface area contributed by atoms with Crippen molar-refractivity contribution in [2.24, 2.45) is 5.92 Å². The van der Waals surface area contributed by atoms with Gasteiger partial charge in [0, 0.05) is 18.5 Å². The topological polar surface area (TPSA) is 89.0 Å². The summed E-state index contributed by atoms with van der Waals surface area (Å²) >= 11 is 7.36. The minimum atomic E-state index is -0.408. The molecule has 0 spiro atoms. The molecule has 11 heteroatoms. The fourth-order valence-corrected chi connectivity index (χ4v) is 6.88. The maximum atomic E-state index is 13.2. The van der Waals surface area contributed by atoms with Gasteiger partial charge in [0.1, 0.15) is 21.1 Å². The Morgan fingerprint density at radius 2 is 2.06 bits per heavy atom. The molecule has 6 rings (SSSR count). The molecule has 1 fully saturated rings. The van der Waals surface area contributed by atoms with E-state index < -0.39 is 5.69 Å². The van der Waals surface area contributed by atoms with Crippen LogP contribution in [0.2, 0.25) is 5.15 Å². The Hall–Kier alpha value is -2.10. The van der Waals surface area contributed by atoms with Crippen molar-refractivity contribution in [2.45, 2.75) is 37.8 Å². The second kappa shape index (κ2) is 10.1. The van der Waals surface area contributed by atoms with Gasteiger partial charge < -0.3 is 15.0 Å². The molecular weight excluding hydrogens is 531 g/mol. The minimum absolute atomic E-state index is 0. The van der Waals surface area contributed by atoms with Gasteiger partial charge in [0.2, 0.25) is 0 Å². The summed E-state index contributed by atoms with van der Waals surface area (Å²) in [6.45, 7) is 1.31. The lowest BCUT2D eigenvalue weighted by Crippen LogP contribution is -2.37. The monoisotopic (exact) mass is 554 g/mol. The number of ether oxygens (including phenoxy) is 1. The Balaban J connectivity index is 0.00000144. The Kier molecular flexibility index (Phi) is 7.50. The number of nitrogens with one attached hydrogen (secondary N) is 2. The van der Waals surface area contributed by atoms with Gasteiger partial charge in [-0.2, -0.15) is 0 Å². The van der Waals surface area contributed by atoms with Crippen LogP contribution in [0.1, 0.15) is 29.9 Å². The quantitative estimate of drug-likeness (QED) is 0.362. The number of rotatable bonds is 4. The van der Waals surface area contributed by atoms with Gasteiger partial charge in [-0.1, -0.05) is 23.7 Å². The van der Waals surface area contributed by atoms with Crippen molar-refractivity contribution in [3.63, 3.8) is 0 Å². The summed E-state index contributed by atoms with van der Waals surface area (Å²) in [4.78, 5) is 33.3. The lowest BCUT2D eigenvalue weighted by Gasteiger charge is -2.32. The van der Waals surface area contributed by atoms with Crippen LogP contribution in [0, 0.1) is 5.92 Å². The summed E-state index contributed by atoms with van der Waals surface area (Å²) < 4.78 is 8.26. The van der Waals surface area contributed by atoms with Crippen molar-refractivity contribution >= 4 is 68.2 Å². The Morgan fingerprint density at radius 3 is 2.86 bits per heavy atom. The van der Waals surface area contributed by atoms with Crippen LogP contribution in [0.25, 0.3) is 20.4 Å². The highest BCUT2D eigenvalue weighted by atomic mass is 35.5. The molecule has 3 atom stereocenters. The first-order valence-electron chi connectivity index (χ1n) is 11.2. The summed E-state index contributed by atoms with van der Waals surface area (Å²) in [5.41, 5.74) is 2.99. The standard InChI is InChI=1S/C24H23ClN4O3S.2ClH/c1-32-16-4-2-3-14-13(16)6-5-12-11-26-15(19(12)14)9-10-29-23(30)22-21(28-24(29)31)20-17(33-22)7-8-18(25)27-20;;/h2-4,7-8,12,15,19,26H,5-6,9-11H2,1H3,(H,28,31);2*1H/t12-,15?,19+;;/m0../s1. The van der Waals surface area contributed by atoms with E-state index >= 15 is 0 Å². The number of fused-ring (bicyclic) bond motifs is 6. The molecule has 186 valence electrons. The molecule has 35 heavy (non-hydrogen) atoms. The molecule has 0 saturated carbocycles. The fraction of sp³-hybridized carbons (Fsp3) is 0.375. The molecule has 1 aliphatic carbocycles. The second-order valence-electron chi connectivity index (χ2n) is 8.83. The van der Waals surface area contributed by atoms with Crippen molar-refractivity contribution in [3.8, 4) is 5.75 Å². The summed E-state index contributed by atoms with van der Waals surface area (Å²) in [5.74, 6) is 1.87. The van der Waals surface area contributed by atoms with E-state index in [1.165, 1.54) is 27.0 Å². The van der Waals surface area contributed by atoms with Gasteiger partial charge in [-0.3, -0.25) is 9.36 Å². The third kappa shape index (κ3) is 4.25. The lowest BCUT2D eigenvalue weighted by molar-refractivity contribution is 0.371. The highest BCUT2D eigenvalue weighted by molar-refractivity contribution is 7.25. The predicted molar refractivity (Wildman–Crippen MR) is 145 cm³/mol. The molecule has 4 heterocycles. The second-order valence-corrected chi connectivity index (χ2v) is 10.3. The SMILES string of the molecule is COc1cccc2c1CC[C@H]1CNC(CCn3c(=O)[nH]c4c(sc5ccc(Cl)nc54)c3=O)[C@@H]21.Cl.Cl. The van der Waals surface area contributed by atoms with Crippen molar-refractivity contribution in [1.29, 1.82) is 0 Å². The first kappa shape index (κ1) is 26.0. The van der Waals surface area contributed by atoms with E-state index in [2.05, 4.69) is 27.4 Å². The highest BCUT2D eigenvalue weighted by Gasteiger charge is 2.40. The highest BCUT2D eigenvalue weighted by Crippen LogP contribution is 2.45. The molecule has 7 nitrogen and oxygen atoms in total. The van der Waals surface area contributed by atoms with Crippen LogP contribution in [-0.4, -0.2) is 34.2 Å². The van der Waals surface area contributed by atoms with Gasteiger partial charge in [-0.25, -0.2) is 9.78 Å². The Bertz CT molecular complexity index is 1520. The van der Waals surface area contributed by atoms with Crippen LogP contribution < -0.4 is 21.3 Å². The zero-order chi connectivity index (χ0) is 22.7. The number of nitrogens with zero attached hydrogens (tertiary/aromatic N) is 2. The summed E-state index contributed by atoms with van der Waals surface area (Å²) in [7, 11) is 1.72. The molecule has 0 bridgehead atoms. The van der Waals surface area contributed by atoms with Gasteiger partial charge in [0.25, 0.3) is 5.56 Å². The average molecular weight is 556 g/mol. The number of H-pyrrole nitrogens is 1. The number of halogens is 3. The molecule has 1 aromatic carbocycles. The summed E-state index contributed by atoms with van der Waals surface area (Å²) in [6.07, 6.45) is 2.83. The molecule has 0 amide bonds. The van der Waals surface area contributed by atoms with Gasteiger partial charge in [0.15, 0.2) is 0 Å². The number of thiophene rings is 1. The number of aromatic amines is 1. The summed E-state index contributed by atoms with van der Waals surface area (Å²) in [5, 5.41) is 3.99. The number of hydrogen-bond acceptors (Lipinski definition) is 6. The summed E-state index contributed by atoms with van der Waals surface area (Å²) in [6, 6.07) is 10.0. The van der Waals surface area contributed by atoms with E-state index in [1.54, 1.807) is 13.2 Å². The zero-order valence-electron chi connectivity index (χ0n) is 18.9. The minimum Gasteiger partial charge on any atom is -0.496 e. The number of benzene rings is 1. The third-order valence-electron chi connectivity index (χ3n) is 7.18. The van der Waals surface area contributed by atoms with E-state index in [-0.39, 0.29) is 36.4 Å². The number of methoxy groups -OCH3 is 1. The van der Waals surface area contributed by atoms with Crippen LogP contribution in [0.15, 0.2) is 39.9 Å². The molecule has 1 unspecified atom stereocenters. The van der Waals surface area contributed by atoms with Gasteiger partial charge in [-0.05, 0) is 61.1 Å². The first-order valence-corrected chi connectivity index (χ1v) is 12.4. The van der Waals surface area contributed by atoms with Crippen LogP contribution >= 0.6 is 47.8 Å². The lowest BCUT2D eigenvalue weighted by atomic mass is 9.73. The number of aromatic nitrogens is 3. The van der Waals surface area contributed by atoms with Crippen molar-refractivity contribution in [1.82, 2.24) is 19.9 Å². The molecule has 2 N–H and O–H groups in total. The van der Waals surface area contributed by atoms with E-state index in [0.717, 1.165) is 29.8 Å². The molecule has 2 aliphatic rings. The van der Waals surface area contributed by atoms with Crippen LogP contribution in [-0.2, 0) is 13.0 Å². The number of hydrogen-bond donors (Lipinski definition) is 2. The first-order chi connectivity index (χ1) is 16.0. The maximum Gasteiger partial charge on any atom is 0.328 e. The van der Waals surface area contributed by atoms with Crippen LogP contribution in [0.4, 0.5) is 0 Å². The van der Waals surface area contributed by atoms with Crippen LogP contribution in [0.3, 0.4) is 0 Å². The fourth-order valence-electron chi connectivity index (χ4n) is 5.68. The van der Waals surface area contributed by atoms with Gasteiger partial charge >= 0.3 is 5.69 Å². The Morgan fingerprint density at radius 1 is 1.23 bits per heavy atom. The van der Waals surface area contributed by atoms with E-state index in [4.69, 9.17) is 16.3 Å². The van der Waals surface area contributed by atoms with Gasteiger partial charge in [0.05, 0.1) is 17.3 Å². The largest absolute Gasteiger partial charge is 0.496 e. The van der Waals surface area contributed by atoms with Crippen molar-refractivity contribution in [3.05, 3.63) is 67.4 Å². The molecule has 1 aliphatic heterocycles. The number of pyridine rings is 1.